The second-order valence-electron chi connectivity index (χ2n) is 7.82. The third kappa shape index (κ3) is 5.26. The van der Waals surface area contributed by atoms with E-state index < -0.39 is 11.2 Å². The largest absolute Gasteiger partial charge is 0.616 e. The number of rotatable bonds is 5. The van der Waals surface area contributed by atoms with E-state index in [9.17, 15) is 4.55 Å². The molecule has 174 valence electrons. The zero-order valence-corrected chi connectivity index (χ0v) is 21.0. The number of halogens is 2. The van der Waals surface area contributed by atoms with Gasteiger partial charge in [-0.05, 0) is 17.7 Å². The summed E-state index contributed by atoms with van der Waals surface area (Å²) in [6.07, 6.45) is 1.56. The molecule has 5 rings (SSSR count). The average Bonchev–Trinajstić information content (AvgIpc) is 2.84. The third-order valence-electron chi connectivity index (χ3n) is 5.67. The first-order chi connectivity index (χ1) is 16.1. The van der Waals surface area contributed by atoms with E-state index in [1.807, 2.05) is 12.1 Å². The van der Waals surface area contributed by atoms with Crippen LogP contribution in [0.15, 0.2) is 29.6 Å². The van der Waals surface area contributed by atoms with Crippen LogP contribution < -0.4 is 15.1 Å². The Kier molecular flexibility index (Phi) is 7.29. The number of thioether (sulfide) groups is 1. The molecule has 0 radical (unpaired) electrons. The van der Waals surface area contributed by atoms with Crippen LogP contribution in [0.3, 0.4) is 0 Å². The zero-order valence-electron chi connectivity index (χ0n) is 17.8. The second kappa shape index (κ2) is 10.4. The minimum atomic E-state index is -0.773. The van der Waals surface area contributed by atoms with Crippen molar-refractivity contribution >= 4 is 68.9 Å². The first-order valence-corrected chi connectivity index (χ1v) is 14.0. The van der Waals surface area contributed by atoms with E-state index in [4.69, 9.17) is 33.2 Å². The maximum absolute atomic E-state index is 11.9. The van der Waals surface area contributed by atoms with Gasteiger partial charge in [-0.15, -0.1) is 0 Å². The SMILES string of the molecule is [O-][S+]1CCN(c2nc(N3CCNCC3)nc3c(SCc4ccc(Cl)cc4Cl)ncnc23)CC1. The van der Waals surface area contributed by atoms with Gasteiger partial charge >= 0.3 is 0 Å². The molecule has 0 saturated carbocycles. The van der Waals surface area contributed by atoms with E-state index in [1.54, 1.807) is 24.2 Å². The fourth-order valence-electron chi connectivity index (χ4n) is 3.87. The summed E-state index contributed by atoms with van der Waals surface area (Å²) in [5, 5.41) is 5.40. The summed E-state index contributed by atoms with van der Waals surface area (Å²) in [5.74, 6) is 3.38. The Bertz CT molecular complexity index is 1140. The maximum atomic E-state index is 11.9. The highest BCUT2D eigenvalue weighted by atomic mass is 35.5. The number of nitrogens with one attached hydrogen (secondary N) is 1. The van der Waals surface area contributed by atoms with Gasteiger partial charge in [0, 0.05) is 42.0 Å². The number of hydrogen-bond acceptors (Lipinski definition) is 9. The standard InChI is InChI=1S/C21H23Cl2N7OS2/c22-15-2-1-14(16(23)11-15)12-32-20-18-17(25-13-26-20)19(29-7-9-33(31)10-8-29)28-21(27-18)30-5-3-24-4-6-30/h1-2,11,13,24H,3-10,12H2. The molecule has 2 aromatic heterocycles. The van der Waals surface area contributed by atoms with Crippen molar-refractivity contribution in [2.24, 2.45) is 0 Å². The van der Waals surface area contributed by atoms with Crippen LogP contribution in [0.4, 0.5) is 11.8 Å². The minimum Gasteiger partial charge on any atom is -0.616 e. The molecule has 4 heterocycles. The lowest BCUT2D eigenvalue weighted by molar-refractivity contribution is 0.578. The van der Waals surface area contributed by atoms with Crippen LogP contribution in [0.1, 0.15) is 5.56 Å². The predicted octanol–water partition coefficient (Wildman–Crippen LogP) is 3.00. The lowest BCUT2D eigenvalue weighted by Gasteiger charge is -2.31. The molecule has 0 unspecified atom stereocenters. The van der Waals surface area contributed by atoms with Gasteiger partial charge in [-0.2, -0.15) is 4.98 Å². The molecule has 0 atom stereocenters. The maximum Gasteiger partial charge on any atom is 0.228 e. The summed E-state index contributed by atoms with van der Waals surface area (Å²) in [6.45, 7) is 4.83. The zero-order chi connectivity index (χ0) is 22.8. The monoisotopic (exact) mass is 523 g/mol. The summed E-state index contributed by atoms with van der Waals surface area (Å²) in [6, 6.07) is 5.52. The van der Waals surface area contributed by atoms with Crippen molar-refractivity contribution in [2.45, 2.75) is 10.8 Å². The Hall–Kier alpha value is -1.56. The van der Waals surface area contributed by atoms with Gasteiger partial charge in [0.2, 0.25) is 5.95 Å². The highest BCUT2D eigenvalue weighted by Crippen LogP contribution is 2.34. The number of aromatic nitrogens is 4. The molecule has 8 nitrogen and oxygen atoms in total. The van der Waals surface area contributed by atoms with Crippen molar-refractivity contribution in [1.82, 2.24) is 25.3 Å². The van der Waals surface area contributed by atoms with Crippen LogP contribution in [0.25, 0.3) is 11.0 Å². The van der Waals surface area contributed by atoms with Crippen molar-refractivity contribution < 1.29 is 4.55 Å². The summed E-state index contributed by atoms with van der Waals surface area (Å²) in [4.78, 5) is 23.3. The number of hydrogen-bond donors (Lipinski definition) is 1. The molecule has 2 aliphatic rings. The molecule has 1 aromatic carbocycles. The Morgan fingerprint density at radius 1 is 1.00 bits per heavy atom. The van der Waals surface area contributed by atoms with Crippen LogP contribution in [0.2, 0.25) is 10.0 Å². The molecule has 1 N–H and O–H groups in total. The van der Waals surface area contributed by atoms with Crippen LogP contribution in [0, 0.1) is 0 Å². The van der Waals surface area contributed by atoms with E-state index in [-0.39, 0.29) is 0 Å². The van der Waals surface area contributed by atoms with Gasteiger partial charge in [-0.25, -0.2) is 15.0 Å². The van der Waals surface area contributed by atoms with Crippen molar-refractivity contribution in [1.29, 1.82) is 0 Å². The molecule has 0 spiro atoms. The van der Waals surface area contributed by atoms with Gasteiger partial charge in [0.05, 0.1) is 13.1 Å². The van der Waals surface area contributed by atoms with Crippen molar-refractivity contribution in [3.63, 3.8) is 0 Å². The molecule has 0 bridgehead atoms. The highest BCUT2D eigenvalue weighted by Gasteiger charge is 2.26. The Balaban J connectivity index is 1.53. The van der Waals surface area contributed by atoms with Crippen LogP contribution >= 0.6 is 35.0 Å². The van der Waals surface area contributed by atoms with E-state index in [1.165, 1.54) is 0 Å². The highest BCUT2D eigenvalue weighted by molar-refractivity contribution is 7.98. The first kappa shape index (κ1) is 23.2. The molecule has 2 fully saturated rings. The average molecular weight is 525 g/mol. The van der Waals surface area contributed by atoms with Crippen LogP contribution in [-0.2, 0) is 16.9 Å². The Labute approximate surface area is 209 Å². The van der Waals surface area contributed by atoms with Crippen molar-refractivity contribution in [3.8, 4) is 0 Å². The van der Waals surface area contributed by atoms with E-state index in [0.717, 1.165) is 53.6 Å². The molecular weight excluding hydrogens is 501 g/mol. The van der Waals surface area contributed by atoms with E-state index in [0.29, 0.717) is 46.3 Å². The lowest BCUT2D eigenvalue weighted by Crippen LogP contribution is -2.45. The van der Waals surface area contributed by atoms with Gasteiger partial charge in [-0.3, -0.25) is 0 Å². The number of piperazine rings is 1. The number of nitrogens with zero attached hydrogens (tertiary/aromatic N) is 6. The molecule has 2 aliphatic heterocycles. The summed E-state index contributed by atoms with van der Waals surface area (Å²) >= 11 is 13.2. The Morgan fingerprint density at radius 2 is 1.79 bits per heavy atom. The number of fused-ring (bicyclic) bond motifs is 1. The molecule has 33 heavy (non-hydrogen) atoms. The van der Waals surface area contributed by atoms with Gasteiger partial charge in [-0.1, -0.05) is 52.2 Å². The fourth-order valence-corrected chi connectivity index (χ4v) is 6.42. The topological polar surface area (TPSA) is 93.1 Å². The molecule has 2 saturated heterocycles. The predicted molar refractivity (Wildman–Crippen MR) is 136 cm³/mol. The third-order valence-corrected chi connectivity index (χ3v) is 8.57. The second-order valence-corrected chi connectivity index (χ2v) is 11.3. The minimum absolute atomic E-state index is 0.613. The molecule has 0 aliphatic carbocycles. The van der Waals surface area contributed by atoms with Gasteiger partial charge in [0.1, 0.15) is 33.9 Å². The van der Waals surface area contributed by atoms with Gasteiger partial charge < -0.3 is 19.7 Å². The Morgan fingerprint density at radius 3 is 2.55 bits per heavy atom. The molecule has 3 aromatic rings. The summed E-state index contributed by atoms with van der Waals surface area (Å²) in [7, 11) is 0. The number of anilines is 2. The fraction of sp³-hybridized carbons (Fsp3) is 0.429. The molecular formula is C21H23Cl2N7OS2. The van der Waals surface area contributed by atoms with E-state index in [2.05, 4.69) is 25.1 Å². The van der Waals surface area contributed by atoms with Gasteiger partial charge in [0.25, 0.3) is 0 Å². The van der Waals surface area contributed by atoms with Crippen LogP contribution in [-0.4, -0.2) is 75.3 Å². The van der Waals surface area contributed by atoms with E-state index >= 15 is 0 Å². The number of benzene rings is 1. The summed E-state index contributed by atoms with van der Waals surface area (Å²) < 4.78 is 11.9. The normalized spacial score (nSPS) is 17.7. The van der Waals surface area contributed by atoms with Gasteiger partial charge in [0.15, 0.2) is 5.82 Å². The molecule has 12 heteroatoms. The molecule has 0 amide bonds. The van der Waals surface area contributed by atoms with Crippen LogP contribution in [0.5, 0.6) is 0 Å². The smallest absolute Gasteiger partial charge is 0.228 e. The first-order valence-electron chi connectivity index (χ1n) is 10.7. The van der Waals surface area contributed by atoms with Crippen molar-refractivity contribution in [2.75, 3.05) is 60.6 Å². The summed E-state index contributed by atoms with van der Waals surface area (Å²) in [5.41, 5.74) is 2.44. The quantitative estimate of drug-likeness (QED) is 0.307. The lowest BCUT2D eigenvalue weighted by atomic mass is 10.2. The van der Waals surface area contributed by atoms with Crippen molar-refractivity contribution in [3.05, 3.63) is 40.1 Å².